The fourth-order valence-corrected chi connectivity index (χ4v) is 1.51. The van der Waals surface area contributed by atoms with E-state index in [0.717, 1.165) is 15.9 Å². The maximum atomic E-state index is 12.6. The standard InChI is InChI=1S/C9H10F2N6S/c1-5-6(3-12-16(5)2)4-13-17-8(7(10)11)14-15-9(17)18/h3-4,7H,1-2H3,(H,15,18)/b13-4-. The van der Waals surface area contributed by atoms with Gasteiger partial charge in [0.25, 0.3) is 6.43 Å². The molecule has 0 spiro atoms. The predicted molar refractivity (Wildman–Crippen MR) is 63.3 cm³/mol. The van der Waals surface area contributed by atoms with Crippen LogP contribution < -0.4 is 0 Å². The zero-order chi connectivity index (χ0) is 13.3. The fourth-order valence-electron chi connectivity index (χ4n) is 1.32. The zero-order valence-electron chi connectivity index (χ0n) is 9.63. The molecular formula is C9H10F2N6S. The minimum Gasteiger partial charge on any atom is -0.272 e. The number of rotatable bonds is 3. The van der Waals surface area contributed by atoms with Crippen molar-refractivity contribution in [1.82, 2.24) is 24.7 Å². The third-order valence-corrected chi connectivity index (χ3v) is 2.72. The summed E-state index contributed by atoms with van der Waals surface area (Å²) in [5.74, 6) is -0.516. The van der Waals surface area contributed by atoms with Gasteiger partial charge in [0.05, 0.1) is 12.4 Å². The molecule has 9 heteroatoms. The molecule has 2 rings (SSSR count). The molecule has 0 saturated carbocycles. The third-order valence-electron chi connectivity index (χ3n) is 2.46. The number of hydrogen-bond acceptors (Lipinski definition) is 4. The highest BCUT2D eigenvalue weighted by molar-refractivity contribution is 7.71. The highest BCUT2D eigenvalue weighted by atomic mass is 32.1. The molecule has 0 atom stereocenters. The Balaban J connectivity index is 2.37. The Hall–Kier alpha value is -1.90. The molecule has 0 aliphatic rings. The summed E-state index contributed by atoms with van der Waals surface area (Å²) in [4.78, 5) is 0. The number of nitrogens with zero attached hydrogens (tertiary/aromatic N) is 5. The highest BCUT2D eigenvalue weighted by Gasteiger charge is 2.16. The van der Waals surface area contributed by atoms with Crippen LogP contribution in [-0.2, 0) is 7.05 Å². The number of H-pyrrole nitrogens is 1. The van der Waals surface area contributed by atoms with Crippen molar-refractivity contribution in [3.63, 3.8) is 0 Å². The molecule has 0 unspecified atom stereocenters. The minimum absolute atomic E-state index is 0.0168. The van der Waals surface area contributed by atoms with Gasteiger partial charge in [0.1, 0.15) is 0 Å². The Morgan fingerprint density at radius 2 is 2.28 bits per heavy atom. The lowest BCUT2D eigenvalue weighted by Crippen LogP contribution is -2.00. The normalized spacial score (nSPS) is 11.8. The Kier molecular flexibility index (Phi) is 3.32. The van der Waals surface area contributed by atoms with E-state index >= 15 is 0 Å². The van der Waals surface area contributed by atoms with E-state index in [1.165, 1.54) is 6.21 Å². The zero-order valence-corrected chi connectivity index (χ0v) is 10.4. The first kappa shape index (κ1) is 12.6. The van der Waals surface area contributed by atoms with Crippen molar-refractivity contribution >= 4 is 18.4 Å². The summed E-state index contributed by atoms with van der Waals surface area (Å²) in [7, 11) is 1.78. The largest absolute Gasteiger partial charge is 0.299 e. The fraction of sp³-hybridized carbons (Fsp3) is 0.333. The Morgan fingerprint density at radius 1 is 1.56 bits per heavy atom. The highest BCUT2D eigenvalue weighted by Crippen LogP contribution is 2.16. The maximum absolute atomic E-state index is 12.6. The van der Waals surface area contributed by atoms with Crippen LogP contribution in [0, 0.1) is 11.7 Å². The first-order valence-corrected chi connectivity index (χ1v) is 5.40. The molecule has 0 amide bonds. The molecule has 2 aromatic heterocycles. The van der Waals surface area contributed by atoms with E-state index in [2.05, 4.69) is 20.4 Å². The first-order chi connectivity index (χ1) is 8.50. The summed E-state index contributed by atoms with van der Waals surface area (Å²) in [5.41, 5.74) is 1.59. The predicted octanol–water partition coefficient (Wildman–Crippen LogP) is 1.80. The SMILES string of the molecule is Cc1c(/C=N\n2c(C(F)F)n[nH]c2=S)cnn1C. The molecule has 2 heterocycles. The van der Waals surface area contributed by atoms with E-state index in [9.17, 15) is 8.78 Å². The molecule has 0 bridgehead atoms. The van der Waals surface area contributed by atoms with Crippen molar-refractivity contribution in [2.24, 2.45) is 12.1 Å². The van der Waals surface area contributed by atoms with Gasteiger partial charge in [0, 0.05) is 18.3 Å². The van der Waals surface area contributed by atoms with Gasteiger partial charge in [-0.1, -0.05) is 0 Å². The van der Waals surface area contributed by atoms with Gasteiger partial charge < -0.3 is 0 Å². The number of alkyl halides is 2. The van der Waals surface area contributed by atoms with Gasteiger partial charge in [-0.3, -0.25) is 4.68 Å². The monoisotopic (exact) mass is 272 g/mol. The van der Waals surface area contributed by atoms with Crippen molar-refractivity contribution in [2.45, 2.75) is 13.3 Å². The first-order valence-electron chi connectivity index (χ1n) is 4.99. The number of halogens is 2. The van der Waals surface area contributed by atoms with Gasteiger partial charge in [-0.05, 0) is 19.1 Å². The van der Waals surface area contributed by atoms with E-state index in [-0.39, 0.29) is 4.77 Å². The number of hydrogen-bond donors (Lipinski definition) is 1. The van der Waals surface area contributed by atoms with Crippen LogP contribution in [-0.4, -0.2) is 30.9 Å². The molecule has 0 radical (unpaired) electrons. The lowest BCUT2D eigenvalue weighted by atomic mass is 10.3. The van der Waals surface area contributed by atoms with Crippen molar-refractivity contribution in [3.8, 4) is 0 Å². The van der Waals surface area contributed by atoms with Crippen LogP contribution in [0.3, 0.4) is 0 Å². The quantitative estimate of drug-likeness (QED) is 0.684. The molecule has 2 aromatic rings. The molecule has 1 N–H and O–H groups in total. The molecular weight excluding hydrogens is 262 g/mol. The Morgan fingerprint density at radius 3 is 2.83 bits per heavy atom. The number of aromatic amines is 1. The van der Waals surface area contributed by atoms with E-state index in [4.69, 9.17) is 12.2 Å². The Bertz CT molecular complexity index is 638. The van der Waals surface area contributed by atoms with Gasteiger partial charge in [-0.25, -0.2) is 13.9 Å². The topological polar surface area (TPSA) is 63.8 Å². The van der Waals surface area contributed by atoms with Crippen LogP contribution in [0.15, 0.2) is 11.3 Å². The van der Waals surface area contributed by atoms with Gasteiger partial charge in [0.15, 0.2) is 0 Å². The number of aromatic nitrogens is 5. The van der Waals surface area contributed by atoms with Gasteiger partial charge >= 0.3 is 0 Å². The lowest BCUT2D eigenvalue weighted by molar-refractivity contribution is 0.136. The molecule has 0 saturated heterocycles. The second-order valence-corrected chi connectivity index (χ2v) is 3.94. The molecule has 18 heavy (non-hydrogen) atoms. The van der Waals surface area contributed by atoms with Crippen molar-refractivity contribution in [2.75, 3.05) is 0 Å². The summed E-state index contributed by atoms with van der Waals surface area (Å²) in [6, 6.07) is 0. The van der Waals surface area contributed by atoms with E-state index in [1.807, 2.05) is 6.92 Å². The smallest absolute Gasteiger partial charge is 0.272 e. The average molecular weight is 272 g/mol. The third kappa shape index (κ3) is 2.21. The maximum Gasteiger partial charge on any atom is 0.299 e. The van der Waals surface area contributed by atoms with Crippen LogP contribution >= 0.6 is 12.2 Å². The van der Waals surface area contributed by atoms with Crippen LogP contribution in [0.2, 0.25) is 0 Å². The summed E-state index contributed by atoms with van der Waals surface area (Å²) in [6.07, 6.45) is 0.259. The van der Waals surface area contributed by atoms with Crippen molar-refractivity contribution in [1.29, 1.82) is 0 Å². The lowest BCUT2D eigenvalue weighted by Gasteiger charge is -1.98. The molecule has 0 aliphatic carbocycles. The van der Waals surface area contributed by atoms with Gasteiger partial charge in [-0.2, -0.15) is 20.0 Å². The molecule has 0 aliphatic heterocycles. The van der Waals surface area contributed by atoms with Crippen LogP contribution in [0.1, 0.15) is 23.5 Å². The second kappa shape index (κ2) is 4.77. The molecule has 0 aromatic carbocycles. The van der Waals surface area contributed by atoms with E-state index in [0.29, 0.717) is 0 Å². The summed E-state index contributed by atoms with van der Waals surface area (Å²) < 4.78 is 27.8. The summed E-state index contributed by atoms with van der Waals surface area (Å²) >= 11 is 4.82. The molecule has 6 nitrogen and oxygen atoms in total. The molecule has 0 fully saturated rings. The van der Waals surface area contributed by atoms with Crippen LogP contribution in [0.5, 0.6) is 0 Å². The second-order valence-electron chi connectivity index (χ2n) is 3.55. The van der Waals surface area contributed by atoms with Crippen LogP contribution in [0.4, 0.5) is 8.78 Å². The van der Waals surface area contributed by atoms with Crippen molar-refractivity contribution in [3.05, 3.63) is 28.0 Å². The van der Waals surface area contributed by atoms with Gasteiger partial charge in [-0.15, -0.1) is 0 Å². The van der Waals surface area contributed by atoms with Crippen LogP contribution in [0.25, 0.3) is 0 Å². The van der Waals surface area contributed by atoms with Crippen molar-refractivity contribution < 1.29 is 8.78 Å². The summed E-state index contributed by atoms with van der Waals surface area (Å²) in [5, 5.41) is 13.6. The van der Waals surface area contributed by atoms with E-state index in [1.54, 1.807) is 17.9 Å². The summed E-state index contributed by atoms with van der Waals surface area (Å²) in [6.45, 7) is 1.84. The van der Waals surface area contributed by atoms with Gasteiger partial charge in [0.2, 0.25) is 10.6 Å². The van der Waals surface area contributed by atoms with E-state index < -0.39 is 12.2 Å². The number of nitrogens with one attached hydrogen (secondary N) is 1. The molecule has 96 valence electrons. The average Bonchev–Trinajstić information content (AvgIpc) is 2.83. The minimum atomic E-state index is -2.75. The number of aryl methyl sites for hydroxylation is 1. The Labute approximate surface area is 106 Å².